The van der Waals surface area contributed by atoms with Gasteiger partial charge in [-0.15, -0.1) is 0 Å². The molecule has 1 saturated heterocycles. The van der Waals surface area contributed by atoms with Crippen LogP contribution in [-0.4, -0.2) is 29.0 Å². The first-order chi connectivity index (χ1) is 9.36. The smallest absolute Gasteiger partial charge is 0.0785 e. The molecule has 0 saturated carbocycles. The summed E-state index contributed by atoms with van der Waals surface area (Å²) in [5.41, 5.74) is 1.28. The third-order valence-corrected chi connectivity index (χ3v) is 3.70. The standard InChI is InChI=1S/C15H27N3O/c1-3-9-16-15(14-7-5-6-12-19-14)13-8-10-17-18(13)11-4-2/h8,10,14-16H,3-7,9,11-12H2,1-2H3. The second-order valence-electron chi connectivity index (χ2n) is 5.32. The molecule has 4 nitrogen and oxygen atoms in total. The zero-order valence-corrected chi connectivity index (χ0v) is 12.3. The van der Waals surface area contributed by atoms with E-state index < -0.39 is 0 Å². The maximum atomic E-state index is 5.99. The van der Waals surface area contributed by atoms with E-state index >= 15 is 0 Å². The molecule has 0 aromatic carbocycles. The van der Waals surface area contributed by atoms with Crippen molar-refractivity contribution in [3.8, 4) is 0 Å². The highest BCUT2D eigenvalue weighted by Crippen LogP contribution is 2.26. The van der Waals surface area contributed by atoms with E-state index in [1.54, 1.807) is 0 Å². The first kappa shape index (κ1) is 14.5. The van der Waals surface area contributed by atoms with Crippen LogP contribution in [0, 0.1) is 0 Å². The van der Waals surface area contributed by atoms with E-state index in [1.807, 2.05) is 6.20 Å². The summed E-state index contributed by atoms with van der Waals surface area (Å²) in [5, 5.41) is 8.11. The molecular formula is C15H27N3O. The Morgan fingerprint density at radius 3 is 3.00 bits per heavy atom. The summed E-state index contributed by atoms with van der Waals surface area (Å²) in [6, 6.07) is 2.43. The summed E-state index contributed by atoms with van der Waals surface area (Å²) in [6.45, 7) is 7.31. The molecule has 2 rings (SSSR count). The van der Waals surface area contributed by atoms with Gasteiger partial charge in [0, 0.05) is 19.3 Å². The first-order valence-corrected chi connectivity index (χ1v) is 7.73. The molecule has 1 aliphatic rings. The highest BCUT2D eigenvalue weighted by atomic mass is 16.5. The predicted molar refractivity (Wildman–Crippen MR) is 77.1 cm³/mol. The van der Waals surface area contributed by atoms with Gasteiger partial charge in [-0.25, -0.2) is 0 Å². The van der Waals surface area contributed by atoms with Gasteiger partial charge in [-0.1, -0.05) is 13.8 Å². The van der Waals surface area contributed by atoms with Crippen molar-refractivity contribution in [1.29, 1.82) is 0 Å². The lowest BCUT2D eigenvalue weighted by Crippen LogP contribution is -2.37. The number of aryl methyl sites for hydroxylation is 1. The van der Waals surface area contributed by atoms with Crippen molar-refractivity contribution in [3.63, 3.8) is 0 Å². The molecule has 2 heterocycles. The van der Waals surface area contributed by atoms with Crippen LogP contribution in [0.5, 0.6) is 0 Å². The molecule has 19 heavy (non-hydrogen) atoms. The van der Waals surface area contributed by atoms with E-state index in [9.17, 15) is 0 Å². The van der Waals surface area contributed by atoms with Gasteiger partial charge in [0.15, 0.2) is 0 Å². The minimum Gasteiger partial charge on any atom is -0.376 e. The number of hydrogen-bond acceptors (Lipinski definition) is 3. The third-order valence-electron chi connectivity index (χ3n) is 3.70. The second-order valence-corrected chi connectivity index (χ2v) is 5.32. The van der Waals surface area contributed by atoms with Gasteiger partial charge in [-0.2, -0.15) is 5.10 Å². The molecule has 0 amide bonds. The zero-order chi connectivity index (χ0) is 13.5. The Hall–Kier alpha value is -0.870. The van der Waals surface area contributed by atoms with Gasteiger partial charge in [0.2, 0.25) is 0 Å². The van der Waals surface area contributed by atoms with Crippen molar-refractivity contribution in [2.45, 2.75) is 64.6 Å². The van der Waals surface area contributed by atoms with Crippen LogP contribution in [0.3, 0.4) is 0 Å². The van der Waals surface area contributed by atoms with Gasteiger partial charge in [0.25, 0.3) is 0 Å². The summed E-state index contributed by atoms with van der Waals surface area (Å²) in [4.78, 5) is 0. The largest absolute Gasteiger partial charge is 0.376 e. The summed E-state index contributed by atoms with van der Waals surface area (Å²) >= 11 is 0. The number of aromatic nitrogens is 2. The Morgan fingerprint density at radius 1 is 1.42 bits per heavy atom. The number of ether oxygens (including phenoxy) is 1. The van der Waals surface area contributed by atoms with Crippen molar-refractivity contribution in [3.05, 3.63) is 18.0 Å². The van der Waals surface area contributed by atoms with Crippen LogP contribution in [0.15, 0.2) is 12.3 Å². The number of hydrogen-bond donors (Lipinski definition) is 1. The van der Waals surface area contributed by atoms with E-state index in [0.717, 1.165) is 39.0 Å². The molecule has 1 fully saturated rings. The van der Waals surface area contributed by atoms with Crippen LogP contribution in [0.2, 0.25) is 0 Å². The fraction of sp³-hybridized carbons (Fsp3) is 0.800. The SMILES string of the molecule is CCCNC(c1ccnn1CCC)C1CCCCO1. The van der Waals surface area contributed by atoms with Crippen molar-refractivity contribution in [2.75, 3.05) is 13.2 Å². The van der Waals surface area contributed by atoms with Crippen molar-refractivity contribution >= 4 is 0 Å². The molecule has 2 atom stereocenters. The lowest BCUT2D eigenvalue weighted by Gasteiger charge is -2.31. The molecule has 0 spiro atoms. The summed E-state index contributed by atoms with van der Waals surface area (Å²) < 4.78 is 8.12. The number of nitrogens with zero attached hydrogens (tertiary/aromatic N) is 2. The summed E-state index contributed by atoms with van der Waals surface area (Å²) in [6.07, 6.45) is 8.09. The van der Waals surface area contributed by atoms with E-state index in [1.165, 1.54) is 18.5 Å². The van der Waals surface area contributed by atoms with Gasteiger partial charge in [0.1, 0.15) is 0 Å². The lowest BCUT2D eigenvalue weighted by molar-refractivity contribution is -0.00998. The Bertz CT molecular complexity index is 358. The van der Waals surface area contributed by atoms with Crippen LogP contribution >= 0.6 is 0 Å². The predicted octanol–water partition coefficient (Wildman–Crippen LogP) is 2.90. The van der Waals surface area contributed by atoms with E-state index in [4.69, 9.17) is 4.74 Å². The highest BCUT2D eigenvalue weighted by Gasteiger charge is 2.27. The molecule has 1 aliphatic heterocycles. The van der Waals surface area contributed by atoms with Gasteiger partial charge in [0.05, 0.1) is 17.8 Å². The normalized spacial score (nSPS) is 21.5. The molecular weight excluding hydrogens is 238 g/mol. The van der Waals surface area contributed by atoms with Crippen LogP contribution in [0.1, 0.15) is 57.7 Å². The first-order valence-electron chi connectivity index (χ1n) is 7.73. The summed E-state index contributed by atoms with van der Waals surface area (Å²) in [7, 11) is 0. The monoisotopic (exact) mass is 265 g/mol. The average molecular weight is 265 g/mol. The van der Waals surface area contributed by atoms with E-state index in [2.05, 4.69) is 35.0 Å². The quantitative estimate of drug-likeness (QED) is 0.824. The maximum Gasteiger partial charge on any atom is 0.0785 e. The van der Waals surface area contributed by atoms with Crippen molar-refractivity contribution in [1.82, 2.24) is 15.1 Å². The fourth-order valence-electron chi connectivity index (χ4n) is 2.76. The zero-order valence-electron chi connectivity index (χ0n) is 12.3. The Kier molecular flexibility index (Phi) is 5.86. The topological polar surface area (TPSA) is 39.1 Å². The van der Waals surface area contributed by atoms with E-state index in [-0.39, 0.29) is 6.04 Å². The maximum absolute atomic E-state index is 5.99. The van der Waals surface area contributed by atoms with Gasteiger partial charge in [-0.05, 0) is 44.7 Å². The minimum absolute atomic E-state index is 0.286. The second kappa shape index (κ2) is 7.65. The van der Waals surface area contributed by atoms with Crippen molar-refractivity contribution in [2.24, 2.45) is 0 Å². The van der Waals surface area contributed by atoms with E-state index in [0.29, 0.717) is 6.10 Å². The van der Waals surface area contributed by atoms with Crippen LogP contribution in [0.25, 0.3) is 0 Å². The van der Waals surface area contributed by atoms with Gasteiger partial charge < -0.3 is 10.1 Å². The number of nitrogens with one attached hydrogen (secondary N) is 1. The lowest BCUT2D eigenvalue weighted by atomic mass is 9.99. The minimum atomic E-state index is 0.286. The van der Waals surface area contributed by atoms with Gasteiger partial charge >= 0.3 is 0 Å². The molecule has 0 aliphatic carbocycles. The molecule has 4 heteroatoms. The molecule has 1 aromatic heterocycles. The van der Waals surface area contributed by atoms with Crippen LogP contribution < -0.4 is 5.32 Å². The van der Waals surface area contributed by atoms with Gasteiger partial charge in [-0.3, -0.25) is 4.68 Å². The molecule has 2 unspecified atom stereocenters. The van der Waals surface area contributed by atoms with Crippen molar-refractivity contribution < 1.29 is 4.74 Å². The summed E-state index contributed by atoms with van der Waals surface area (Å²) in [5.74, 6) is 0. The van der Waals surface area contributed by atoms with Crippen LogP contribution in [0.4, 0.5) is 0 Å². The molecule has 0 radical (unpaired) electrons. The Balaban J connectivity index is 2.12. The Morgan fingerprint density at radius 2 is 2.32 bits per heavy atom. The third kappa shape index (κ3) is 3.80. The highest BCUT2D eigenvalue weighted by molar-refractivity contribution is 5.10. The molecule has 0 bridgehead atoms. The molecule has 1 aromatic rings. The van der Waals surface area contributed by atoms with Crippen LogP contribution in [-0.2, 0) is 11.3 Å². The Labute approximate surface area is 116 Å². The molecule has 1 N–H and O–H groups in total. The number of rotatable bonds is 7. The average Bonchev–Trinajstić information content (AvgIpc) is 2.89. The molecule has 108 valence electrons. The fourth-order valence-corrected chi connectivity index (χ4v) is 2.76.